The molecule has 0 radical (unpaired) electrons. The Morgan fingerprint density at radius 3 is 2.42 bits per heavy atom. The summed E-state index contributed by atoms with van der Waals surface area (Å²) in [4.78, 5) is 14.4. The van der Waals surface area contributed by atoms with Gasteiger partial charge in [0.1, 0.15) is 0 Å². The van der Waals surface area contributed by atoms with Gasteiger partial charge in [-0.05, 0) is 37.0 Å². The first-order chi connectivity index (χ1) is 8.79. The molecule has 0 atom stereocenters. The van der Waals surface area contributed by atoms with Crippen molar-refractivity contribution in [3.8, 4) is 0 Å². The van der Waals surface area contributed by atoms with Crippen molar-refractivity contribution in [1.82, 2.24) is 4.90 Å². The zero-order chi connectivity index (χ0) is 14.6. The Hall–Kier alpha value is -0.540. The number of halogens is 2. The van der Waals surface area contributed by atoms with E-state index < -0.39 is 0 Å². The molecular formula is C15H21BrClNO. The van der Waals surface area contributed by atoms with Gasteiger partial charge >= 0.3 is 0 Å². The van der Waals surface area contributed by atoms with Gasteiger partial charge in [0.2, 0.25) is 0 Å². The van der Waals surface area contributed by atoms with Crippen LogP contribution in [0.25, 0.3) is 0 Å². The van der Waals surface area contributed by atoms with Gasteiger partial charge in [0.15, 0.2) is 0 Å². The highest BCUT2D eigenvalue weighted by Crippen LogP contribution is 2.24. The van der Waals surface area contributed by atoms with Crippen LogP contribution in [0.5, 0.6) is 0 Å². The van der Waals surface area contributed by atoms with E-state index >= 15 is 0 Å². The lowest BCUT2D eigenvalue weighted by molar-refractivity contribution is 0.0692. The van der Waals surface area contributed by atoms with Crippen molar-refractivity contribution in [1.29, 1.82) is 0 Å². The molecule has 1 amide bonds. The molecule has 0 bridgehead atoms. The van der Waals surface area contributed by atoms with Gasteiger partial charge in [-0.3, -0.25) is 4.79 Å². The third kappa shape index (κ3) is 4.81. The minimum atomic E-state index is 0.0345. The SMILES string of the molecule is CCN(CC(C)(C)CC)C(=O)c1cc(Cl)cc(Br)c1. The van der Waals surface area contributed by atoms with Gasteiger partial charge in [-0.25, -0.2) is 0 Å². The smallest absolute Gasteiger partial charge is 0.253 e. The number of carbonyl (C=O) groups excluding carboxylic acids is 1. The molecular weight excluding hydrogens is 326 g/mol. The highest BCUT2D eigenvalue weighted by atomic mass is 79.9. The maximum absolute atomic E-state index is 12.5. The van der Waals surface area contributed by atoms with E-state index in [1.54, 1.807) is 12.1 Å². The van der Waals surface area contributed by atoms with Crippen molar-refractivity contribution in [3.63, 3.8) is 0 Å². The standard InChI is InChI=1S/C15H21BrClNO/c1-5-15(3,4)10-18(6-2)14(19)11-7-12(16)9-13(17)8-11/h7-9H,5-6,10H2,1-4H3. The Balaban J connectivity index is 2.95. The van der Waals surface area contributed by atoms with Crippen molar-refractivity contribution < 1.29 is 4.79 Å². The number of carbonyl (C=O) groups is 1. The van der Waals surface area contributed by atoms with Crippen LogP contribution in [0.15, 0.2) is 22.7 Å². The molecule has 0 aliphatic heterocycles. The zero-order valence-corrected chi connectivity index (χ0v) is 14.3. The van der Waals surface area contributed by atoms with E-state index in [4.69, 9.17) is 11.6 Å². The molecule has 1 aromatic carbocycles. The number of benzene rings is 1. The molecule has 0 saturated carbocycles. The molecule has 0 aliphatic rings. The predicted octanol–water partition coefficient (Wildman–Crippen LogP) is 5.00. The van der Waals surface area contributed by atoms with Gasteiger partial charge in [-0.1, -0.05) is 48.3 Å². The Morgan fingerprint density at radius 2 is 1.95 bits per heavy atom. The van der Waals surface area contributed by atoms with E-state index in [0.29, 0.717) is 17.1 Å². The second kappa shape index (κ2) is 6.76. The largest absolute Gasteiger partial charge is 0.338 e. The molecule has 0 aromatic heterocycles. The van der Waals surface area contributed by atoms with Gasteiger partial charge in [0.25, 0.3) is 5.91 Å². The summed E-state index contributed by atoms with van der Waals surface area (Å²) in [5.74, 6) is 0.0345. The van der Waals surface area contributed by atoms with Crippen LogP contribution in [0.4, 0.5) is 0 Å². The summed E-state index contributed by atoms with van der Waals surface area (Å²) in [6.07, 6.45) is 1.04. The van der Waals surface area contributed by atoms with E-state index in [1.807, 2.05) is 17.9 Å². The molecule has 0 heterocycles. The van der Waals surface area contributed by atoms with Crippen LogP contribution in [-0.2, 0) is 0 Å². The molecule has 0 saturated heterocycles. The van der Waals surface area contributed by atoms with Gasteiger partial charge in [0, 0.05) is 28.1 Å². The molecule has 1 aromatic rings. The van der Waals surface area contributed by atoms with Crippen molar-refractivity contribution in [2.75, 3.05) is 13.1 Å². The lowest BCUT2D eigenvalue weighted by Gasteiger charge is -2.31. The summed E-state index contributed by atoms with van der Waals surface area (Å²) in [5.41, 5.74) is 0.759. The summed E-state index contributed by atoms with van der Waals surface area (Å²) < 4.78 is 0.828. The minimum absolute atomic E-state index is 0.0345. The molecule has 0 fully saturated rings. The van der Waals surface area contributed by atoms with Crippen LogP contribution in [0.3, 0.4) is 0 Å². The van der Waals surface area contributed by atoms with Crippen molar-refractivity contribution in [2.45, 2.75) is 34.1 Å². The van der Waals surface area contributed by atoms with E-state index in [-0.39, 0.29) is 11.3 Å². The monoisotopic (exact) mass is 345 g/mol. The number of hydrogen-bond donors (Lipinski definition) is 0. The Bertz CT molecular complexity index is 439. The lowest BCUT2D eigenvalue weighted by atomic mass is 9.89. The first kappa shape index (κ1) is 16.5. The number of rotatable bonds is 5. The second-order valence-electron chi connectivity index (χ2n) is 5.50. The average Bonchev–Trinajstić information content (AvgIpc) is 2.34. The van der Waals surface area contributed by atoms with Gasteiger partial charge in [0.05, 0.1) is 0 Å². The molecule has 4 heteroatoms. The Labute approximate surface area is 129 Å². The summed E-state index contributed by atoms with van der Waals surface area (Å²) in [5, 5.41) is 0.573. The van der Waals surface area contributed by atoms with Gasteiger partial charge in [-0.2, -0.15) is 0 Å². The lowest BCUT2D eigenvalue weighted by Crippen LogP contribution is -2.38. The second-order valence-corrected chi connectivity index (χ2v) is 6.85. The van der Waals surface area contributed by atoms with E-state index in [1.165, 1.54) is 0 Å². The first-order valence-electron chi connectivity index (χ1n) is 6.54. The van der Waals surface area contributed by atoms with Crippen LogP contribution < -0.4 is 0 Å². The maximum atomic E-state index is 12.5. The molecule has 19 heavy (non-hydrogen) atoms. The van der Waals surface area contributed by atoms with Crippen LogP contribution in [0.2, 0.25) is 5.02 Å². The quantitative estimate of drug-likeness (QED) is 0.734. The van der Waals surface area contributed by atoms with E-state index in [9.17, 15) is 4.79 Å². The zero-order valence-electron chi connectivity index (χ0n) is 12.0. The van der Waals surface area contributed by atoms with Crippen LogP contribution in [0.1, 0.15) is 44.5 Å². The molecule has 1 rings (SSSR count). The minimum Gasteiger partial charge on any atom is -0.338 e. The summed E-state index contributed by atoms with van der Waals surface area (Å²) in [7, 11) is 0. The molecule has 106 valence electrons. The fourth-order valence-corrected chi connectivity index (χ4v) is 2.68. The third-order valence-electron chi connectivity index (χ3n) is 3.35. The molecule has 0 N–H and O–H groups in total. The van der Waals surface area contributed by atoms with Crippen LogP contribution in [0, 0.1) is 5.41 Å². The number of amides is 1. The van der Waals surface area contributed by atoms with Crippen LogP contribution in [-0.4, -0.2) is 23.9 Å². The fourth-order valence-electron chi connectivity index (χ4n) is 1.82. The summed E-state index contributed by atoms with van der Waals surface area (Å²) in [6.45, 7) is 9.96. The maximum Gasteiger partial charge on any atom is 0.253 e. The molecule has 0 spiro atoms. The topological polar surface area (TPSA) is 20.3 Å². The highest BCUT2D eigenvalue weighted by molar-refractivity contribution is 9.10. The fraction of sp³-hybridized carbons (Fsp3) is 0.533. The van der Waals surface area contributed by atoms with Crippen molar-refractivity contribution >= 4 is 33.4 Å². The van der Waals surface area contributed by atoms with Crippen molar-refractivity contribution in [3.05, 3.63) is 33.3 Å². The molecule has 2 nitrogen and oxygen atoms in total. The molecule has 0 unspecified atom stereocenters. The molecule has 0 aliphatic carbocycles. The first-order valence-corrected chi connectivity index (χ1v) is 7.71. The summed E-state index contributed by atoms with van der Waals surface area (Å²) >= 11 is 9.37. The normalized spacial score (nSPS) is 11.5. The van der Waals surface area contributed by atoms with Gasteiger partial charge in [-0.15, -0.1) is 0 Å². The predicted molar refractivity (Wildman–Crippen MR) is 84.8 cm³/mol. The van der Waals surface area contributed by atoms with E-state index in [0.717, 1.165) is 17.4 Å². The Morgan fingerprint density at radius 1 is 1.32 bits per heavy atom. The summed E-state index contributed by atoms with van der Waals surface area (Å²) in [6, 6.07) is 5.32. The highest BCUT2D eigenvalue weighted by Gasteiger charge is 2.23. The number of hydrogen-bond acceptors (Lipinski definition) is 1. The average molecular weight is 347 g/mol. The van der Waals surface area contributed by atoms with Crippen LogP contribution >= 0.6 is 27.5 Å². The van der Waals surface area contributed by atoms with E-state index in [2.05, 4.69) is 36.7 Å². The third-order valence-corrected chi connectivity index (χ3v) is 4.03. The van der Waals surface area contributed by atoms with Crippen molar-refractivity contribution in [2.24, 2.45) is 5.41 Å². The van der Waals surface area contributed by atoms with Gasteiger partial charge < -0.3 is 4.90 Å². The number of nitrogens with zero attached hydrogens (tertiary/aromatic N) is 1. The Kier molecular flexibility index (Phi) is 5.87.